The third kappa shape index (κ3) is 3.90. The van der Waals surface area contributed by atoms with Gasteiger partial charge in [-0.3, -0.25) is 9.69 Å². The fourth-order valence-electron chi connectivity index (χ4n) is 4.56. The number of aryl methyl sites for hydroxylation is 1. The normalized spacial score (nSPS) is 26.0. The maximum Gasteiger partial charge on any atom is 0.240 e. The van der Waals surface area contributed by atoms with Crippen molar-refractivity contribution in [2.45, 2.75) is 44.4 Å². The SMILES string of the molecule is Cc1cccc(CN2CCC(N3CC[C@H](c4ccc(O)cc4)C(F)C3)C2=O)c1. The third-order valence-corrected chi connectivity index (χ3v) is 6.06. The molecule has 0 radical (unpaired) electrons. The zero-order valence-corrected chi connectivity index (χ0v) is 16.2. The number of carbonyl (C=O) groups is 1. The lowest BCUT2D eigenvalue weighted by Crippen LogP contribution is -2.49. The standard InChI is InChI=1S/C23H27FN2O2/c1-16-3-2-4-17(13-16)14-26-12-10-22(23(26)28)25-11-9-20(21(24)15-25)18-5-7-19(27)8-6-18/h2-8,13,20-22,27H,9-12,14-15H2,1H3/t20-,21?,22?/m1/s1. The fraction of sp³-hybridized carbons (Fsp3) is 0.435. The number of alkyl halides is 1. The van der Waals surface area contributed by atoms with Crippen molar-refractivity contribution < 1.29 is 14.3 Å². The summed E-state index contributed by atoms with van der Waals surface area (Å²) in [6, 6.07) is 14.8. The summed E-state index contributed by atoms with van der Waals surface area (Å²) in [5.41, 5.74) is 3.25. The molecule has 28 heavy (non-hydrogen) atoms. The Bertz CT molecular complexity index is 839. The largest absolute Gasteiger partial charge is 0.508 e. The molecule has 2 aromatic carbocycles. The van der Waals surface area contributed by atoms with Crippen LogP contribution in [0, 0.1) is 6.92 Å². The van der Waals surface area contributed by atoms with Gasteiger partial charge in [0, 0.05) is 25.6 Å². The molecule has 0 aliphatic carbocycles. The van der Waals surface area contributed by atoms with E-state index in [1.165, 1.54) is 5.56 Å². The minimum absolute atomic E-state index is 0.122. The van der Waals surface area contributed by atoms with Crippen LogP contribution in [-0.2, 0) is 11.3 Å². The summed E-state index contributed by atoms with van der Waals surface area (Å²) in [6.45, 7) is 4.42. The molecule has 4 rings (SSSR count). The van der Waals surface area contributed by atoms with Crippen LogP contribution in [0.4, 0.5) is 4.39 Å². The van der Waals surface area contributed by atoms with E-state index in [1.807, 2.05) is 21.9 Å². The molecule has 0 saturated carbocycles. The van der Waals surface area contributed by atoms with E-state index >= 15 is 0 Å². The molecule has 1 N–H and O–H groups in total. The molecule has 0 bridgehead atoms. The first kappa shape index (κ1) is 18.9. The second-order valence-electron chi connectivity index (χ2n) is 8.05. The molecule has 2 unspecified atom stereocenters. The van der Waals surface area contributed by atoms with Crippen molar-refractivity contribution in [3.8, 4) is 5.75 Å². The van der Waals surface area contributed by atoms with E-state index in [0.29, 0.717) is 19.5 Å². The van der Waals surface area contributed by atoms with Gasteiger partial charge >= 0.3 is 0 Å². The zero-order chi connectivity index (χ0) is 19.7. The minimum Gasteiger partial charge on any atom is -0.508 e. The van der Waals surface area contributed by atoms with Gasteiger partial charge in [0.25, 0.3) is 0 Å². The second kappa shape index (κ2) is 7.92. The predicted octanol–water partition coefficient (Wildman–Crippen LogP) is 3.63. The average Bonchev–Trinajstić information content (AvgIpc) is 3.03. The molecule has 2 aliphatic heterocycles. The summed E-state index contributed by atoms with van der Waals surface area (Å²) in [6.07, 6.45) is 0.450. The number of nitrogens with zero attached hydrogens (tertiary/aromatic N) is 2. The number of rotatable bonds is 4. The van der Waals surface area contributed by atoms with Crippen molar-refractivity contribution in [2.24, 2.45) is 0 Å². The highest BCUT2D eigenvalue weighted by molar-refractivity contribution is 5.84. The van der Waals surface area contributed by atoms with Crippen molar-refractivity contribution in [2.75, 3.05) is 19.6 Å². The third-order valence-electron chi connectivity index (χ3n) is 6.06. The van der Waals surface area contributed by atoms with Crippen LogP contribution in [0.3, 0.4) is 0 Å². The number of amides is 1. The van der Waals surface area contributed by atoms with Crippen LogP contribution in [0.1, 0.15) is 35.4 Å². The number of halogens is 1. The molecule has 2 aromatic rings. The zero-order valence-electron chi connectivity index (χ0n) is 16.2. The number of hydrogen-bond donors (Lipinski definition) is 1. The van der Waals surface area contributed by atoms with Gasteiger partial charge in [0.15, 0.2) is 0 Å². The van der Waals surface area contributed by atoms with Gasteiger partial charge in [0.2, 0.25) is 5.91 Å². The Balaban J connectivity index is 1.38. The molecule has 2 saturated heterocycles. The van der Waals surface area contributed by atoms with Gasteiger partial charge in [0.05, 0.1) is 6.04 Å². The van der Waals surface area contributed by atoms with E-state index in [-0.39, 0.29) is 23.6 Å². The topological polar surface area (TPSA) is 43.8 Å². The van der Waals surface area contributed by atoms with Crippen LogP contribution in [-0.4, -0.2) is 52.7 Å². The Morgan fingerprint density at radius 2 is 1.89 bits per heavy atom. The van der Waals surface area contributed by atoms with Crippen LogP contribution in [0.15, 0.2) is 48.5 Å². The molecule has 2 aliphatic rings. The van der Waals surface area contributed by atoms with Gasteiger partial charge in [-0.2, -0.15) is 0 Å². The van der Waals surface area contributed by atoms with E-state index in [0.717, 1.165) is 30.6 Å². The average molecular weight is 382 g/mol. The van der Waals surface area contributed by atoms with Crippen molar-refractivity contribution in [3.05, 3.63) is 65.2 Å². The molecule has 4 nitrogen and oxygen atoms in total. The molecular formula is C23H27FN2O2. The summed E-state index contributed by atoms with van der Waals surface area (Å²) >= 11 is 0. The number of hydrogen-bond acceptors (Lipinski definition) is 3. The molecular weight excluding hydrogens is 355 g/mol. The number of carbonyl (C=O) groups excluding carboxylic acids is 1. The number of benzene rings is 2. The Kier molecular flexibility index (Phi) is 5.36. The molecule has 0 spiro atoms. The fourth-order valence-corrected chi connectivity index (χ4v) is 4.56. The number of phenolic OH excluding ortho intramolecular Hbond substituents is 1. The van der Waals surface area contributed by atoms with Crippen molar-refractivity contribution in [3.63, 3.8) is 0 Å². The van der Waals surface area contributed by atoms with Gasteiger partial charge in [-0.05, 0) is 49.6 Å². The summed E-state index contributed by atoms with van der Waals surface area (Å²) in [5, 5.41) is 9.44. The lowest BCUT2D eigenvalue weighted by atomic mass is 9.87. The smallest absolute Gasteiger partial charge is 0.240 e. The van der Waals surface area contributed by atoms with E-state index in [4.69, 9.17) is 0 Å². The van der Waals surface area contributed by atoms with Crippen molar-refractivity contribution in [1.82, 2.24) is 9.80 Å². The molecule has 0 aromatic heterocycles. The van der Waals surface area contributed by atoms with Gasteiger partial charge in [-0.15, -0.1) is 0 Å². The van der Waals surface area contributed by atoms with Crippen LogP contribution < -0.4 is 0 Å². The van der Waals surface area contributed by atoms with E-state index in [1.54, 1.807) is 24.3 Å². The predicted molar refractivity (Wildman–Crippen MR) is 107 cm³/mol. The number of likely N-dealkylation sites (tertiary alicyclic amines) is 2. The number of phenols is 1. The van der Waals surface area contributed by atoms with Crippen LogP contribution >= 0.6 is 0 Å². The number of aromatic hydroxyl groups is 1. The summed E-state index contributed by atoms with van der Waals surface area (Å²) in [4.78, 5) is 16.9. The van der Waals surface area contributed by atoms with Gasteiger partial charge in [-0.25, -0.2) is 4.39 Å². The van der Waals surface area contributed by atoms with E-state index < -0.39 is 6.17 Å². The van der Waals surface area contributed by atoms with E-state index in [9.17, 15) is 14.3 Å². The first-order valence-corrected chi connectivity index (χ1v) is 10.0. The lowest BCUT2D eigenvalue weighted by Gasteiger charge is -2.37. The first-order chi connectivity index (χ1) is 13.5. The molecule has 148 valence electrons. The molecule has 2 heterocycles. The van der Waals surface area contributed by atoms with E-state index in [2.05, 4.69) is 19.1 Å². The lowest BCUT2D eigenvalue weighted by molar-refractivity contribution is -0.133. The Morgan fingerprint density at radius 1 is 1.11 bits per heavy atom. The highest BCUT2D eigenvalue weighted by atomic mass is 19.1. The maximum absolute atomic E-state index is 14.9. The highest BCUT2D eigenvalue weighted by Gasteiger charge is 2.40. The molecule has 1 amide bonds. The van der Waals surface area contributed by atoms with Gasteiger partial charge in [0.1, 0.15) is 11.9 Å². The first-order valence-electron chi connectivity index (χ1n) is 10.0. The summed E-state index contributed by atoms with van der Waals surface area (Å²) in [5.74, 6) is 0.149. The Labute approximate surface area is 165 Å². The summed E-state index contributed by atoms with van der Waals surface area (Å²) < 4.78 is 14.9. The van der Waals surface area contributed by atoms with Crippen molar-refractivity contribution >= 4 is 5.91 Å². The van der Waals surface area contributed by atoms with Crippen molar-refractivity contribution in [1.29, 1.82) is 0 Å². The highest BCUT2D eigenvalue weighted by Crippen LogP contribution is 2.33. The van der Waals surface area contributed by atoms with Crippen LogP contribution in [0.25, 0.3) is 0 Å². The molecule has 2 fully saturated rings. The monoisotopic (exact) mass is 382 g/mol. The Hall–Kier alpha value is -2.40. The molecule has 5 heteroatoms. The second-order valence-corrected chi connectivity index (χ2v) is 8.05. The molecule has 3 atom stereocenters. The van der Waals surface area contributed by atoms with Crippen LogP contribution in [0.2, 0.25) is 0 Å². The maximum atomic E-state index is 14.9. The number of piperidine rings is 1. The minimum atomic E-state index is -1.00. The summed E-state index contributed by atoms with van der Waals surface area (Å²) in [7, 11) is 0. The van der Waals surface area contributed by atoms with Gasteiger partial charge in [-0.1, -0.05) is 42.0 Å². The van der Waals surface area contributed by atoms with Gasteiger partial charge < -0.3 is 10.0 Å². The Morgan fingerprint density at radius 3 is 2.61 bits per heavy atom. The quantitative estimate of drug-likeness (QED) is 0.878. The van der Waals surface area contributed by atoms with Crippen LogP contribution in [0.5, 0.6) is 5.75 Å².